The van der Waals surface area contributed by atoms with E-state index in [0.717, 1.165) is 18.8 Å². The molecule has 1 heterocycles. The van der Waals surface area contributed by atoms with Gasteiger partial charge in [-0.15, -0.1) is 11.3 Å². The molecule has 2 N–H and O–H groups in total. The molecule has 0 atom stereocenters. The van der Waals surface area contributed by atoms with Crippen LogP contribution in [0.2, 0.25) is 0 Å². The molecule has 2 aromatic rings. The molecule has 0 bridgehead atoms. The van der Waals surface area contributed by atoms with Crippen molar-refractivity contribution in [2.45, 2.75) is 33.0 Å². The molecular weight excluding hydrogens is 320 g/mol. The van der Waals surface area contributed by atoms with Crippen LogP contribution in [0, 0.1) is 0 Å². The molecule has 1 aromatic heterocycles. The zero-order valence-corrected chi connectivity index (χ0v) is 13.7. The Bertz CT molecular complexity index is 536. The average molecular weight is 339 g/mol. The van der Waals surface area contributed by atoms with Gasteiger partial charge in [0, 0.05) is 29.7 Å². The molecule has 19 heavy (non-hydrogen) atoms. The van der Waals surface area contributed by atoms with Crippen LogP contribution in [0.25, 0.3) is 0 Å². The normalized spacial score (nSPS) is 11.4. The zero-order valence-electron chi connectivity index (χ0n) is 11.3. The Morgan fingerprint density at radius 3 is 2.58 bits per heavy atom. The Hall–Kier alpha value is -0.840. The van der Waals surface area contributed by atoms with E-state index in [1.807, 2.05) is 12.1 Å². The number of thiophene rings is 1. The molecule has 4 heteroatoms. The molecule has 0 saturated carbocycles. The van der Waals surface area contributed by atoms with Gasteiger partial charge in [-0.1, -0.05) is 12.1 Å². The Morgan fingerprint density at radius 1 is 1.21 bits per heavy atom. The number of hydrogen-bond donors (Lipinski definition) is 1. The highest BCUT2D eigenvalue weighted by Crippen LogP contribution is 2.24. The van der Waals surface area contributed by atoms with E-state index in [2.05, 4.69) is 58.9 Å². The quantitative estimate of drug-likeness (QED) is 0.813. The summed E-state index contributed by atoms with van der Waals surface area (Å²) in [6.07, 6.45) is 0. The number of nitrogens with two attached hydrogens (primary N) is 1. The lowest BCUT2D eigenvalue weighted by Gasteiger charge is -2.26. The van der Waals surface area contributed by atoms with Crippen LogP contribution in [0.1, 0.15) is 24.3 Å². The molecule has 2 rings (SSSR count). The summed E-state index contributed by atoms with van der Waals surface area (Å²) in [4.78, 5) is 3.83. The Morgan fingerprint density at radius 2 is 2.00 bits per heavy atom. The van der Waals surface area contributed by atoms with E-state index in [0.29, 0.717) is 6.04 Å². The summed E-state index contributed by atoms with van der Waals surface area (Å²) in [7, 11) is 0. The number of halogens is 1. The van der Waals surface area contributed by atoms with Gasteiger partial charge in [0.05, 0.1) is 3.79 Å². The first kappa shape index (κ1) is 14.6. The van der Waals surface area contributed by atoms with E-state index in [1.54, 1.807) is 11.3 Å². The molecule has 0 aliphatic carbocycles. The van der Waals surface area contributed by atoms with Crippen molar-refractivity contribution >= 4 is 33.0 Å². The van der Waals surface area contributed by atoms with Crippen molar-refractivity contribution < 1.29 is 0 Å². The molecule has 0 saturated heterocycles. The van der Waals surface area contributed by atoms with E-state index in [4.69, 9.17) is 5.73 Å². The van der Waals surface area contributed by atoms with E-state index >= 15 is 0 Å². The summed E-state index contributed by atoms with van der Waals surface area (Å²) in [5, 5.41) is 0. The first-order chi connectivity index (χ1) is 9.04. The highest BCUT2D eigenvalue weighted by Gasteiger charge is 2.12. The van der Waals surface area contributed by atoms with Crippen molar-refractivity contribution in [3.63, 3.8) is 0 Å². The van der Waals surface area contributed by atoms with E-state index in [1.165, 1.54) is 14.2 Å². The molecule has 0 fully saturated rings. The van der Waals surface area contributed by atoms with Gasteiger partial charge in [-0.05, 0) is 59.6 Å². The zero-order chi connectivity index (χ0) is 13.8. The van der Waals surface area contributed by atoms with Crippen molar-refractivity contribution in [1.29, 1.82) is 0 Å². The third-order valence-electron chi connectivity index (χ3n) is 3.05. The summed E-state index contributed by atoms with van der Waals surface area (Å²) < 4.78 is 1.19. The fourth-order valence-electron chi connectivity index (χ4n) is 1.98. The highest BCUT2D eigenvalue weighted by molar-refractivity contribution is 9.11. The first-order valence-corrected chi connectivity index (χ1v) is 7.98. The highest BCUT2D eigenvalue weighted by atomic mass is 79.9. The number of rotatable bonds is 5. The van der Waals surface area contributed by atoms with E-state index < -0.39 is 0 Å². The third-order valence-corrected chi connectivity index (χ3v) is 4.66. The van der Waals surface area contributed by atoms with Gasteiger partial charge in [-0.2, -0.15) is 0 Å². The van der Waals surface area contributed by atoms with Gasteiger partial charge in [0.2, 0.25) is 0 Å². The second-order valence-electron chi connectivity index (χ2n) is 4.95. The first-order valence-electron chi connectivity index (χ1n) is 6.37. The van der Waals surface area contributed by atoms with Crippen LogP contribution in [-0.2, 0) is 13.1 Å². The molecule has 0 aliphatic heterocycles. The van der Waals surface area contributed by atoms with Crippen LogP contribution in [0.4, 0.5) is 5.69 Å². The van der Waals surface area contributed by atoms with Crippen molar-refractivity contribution in [1.82, 2.24) is 4.90 Å². The van der Waals surface area contributed by atoms with Crippen molar-refractivity contribution in [3.05, 3.63) is 50.6 Å². The largest absolute Gasteiger partial charge is 0.399 e. The fourth-order valence-corrected chi connectivity index (χ4v) is 3.49. The summed E-state index contributed by atoms with van der Waals surface area (Å²) in [6.45, 7) is 6.37. The van der Waals surface area contributed by atoms with Gasteiger partial charge >= 0.3 is 0 Å². The second kappa shape index (κ2) is 6.55. The second-order valence-corrected chi connectivity index (χ2v) is 7.50. The molecule has 0 unspecified atom stereocenters. The Labute approximate surface area is 127 Å². The van der Waals surface area contributed by atoms with Crippen LogP contribution in [0.5, 0.6) is 0 Å². The van der Waals surface area contributed by atoms with Crippen molar-refractivity contribution in [2.24, 2.45) is 0 Å². The van der Waals surface area contributed by atoms with Crippen LogP contribution in [0.3, 0.4) is 0 Å². The van der Waals surface area contributed by atoms with Gasteiger partial charge in [-0.3, -0.25) is 4.90 Å². The fraction of sp³-hybridized carbons (Fsp3) is 0.333. The molecule has 0 aliphatic rings. The van der Waals surface area contributed by atoms with Gasteiger partial charge in [-0.25, -0.2) is 0 Å². The number of nitrogen functional groups attached to an aromatic ring is 1. The number of benzene rings is 1. The van der Waals surface area contributed by atoms with Gasteiger partial charge in [0.25, 0.3) is 0 Å². The molecular formula is C15H19BrN2S. The number of nitrogens with zero attached hydrogens (tertiary/aromatic N) is 1. The lowest BCUT2D eigenvalue weighted by Crippen LogP contribution is -2.29. The van der Waals surface area contributed by atoms with E-state index in [-0.39, 0.29) is 0 Å². The molecule has 2 nitrogen and oxygen atoms in total. The predicted octanol–water partition coefficient (Wildman–Crippen LogP) is 4.50. The van der Waals surface area contributed by atoms with Crippen LogP contribution in [-0.4, -0.2) is 10.9 Å². The van der Waals surface area contributed by atoms with E-state index in [9.17, 15) is 0 Å². The molecule has 0 spiro atoms. The SMILES string of the molecule is CC(C)N(Cc1cccc(N)c1)Cc1ccc(Br)s1. The van der Waals surface area contributed by atoms with Gasteiger partial charge in [0.15, 0.2) is 0 Å². The number of hydrogen-bond acceptors (Lipinski definition) is 3. The Balaban J connectivity index is 2.08. The standard InChI is InChI=1S/C15H19BrN2S/c1-11(2)18(10-14-6-7-15(16)19-14)9-12-4-3-5-13(17)8-12/h3-8,11H,9-10,17H2,1-2H3. The van der Waals surface area contributed by atoms with Crippen molar-refractivity contribution in [3.8, 4) is 0 Å². The summed E-state index contributed by atoms with van der Waals surface area (Å²) >= 11 is 5.32. The summed E-state index contributed by atoms with van der Waals surface area (Å²) in [5.41, 5.74) is 7.94. The molecule has 0 radical (unpaired) electrons. The molecule has 1 aromatic carbocycles. The topological polar surface area (TPSA) is 29.3 Å². The van der Waals surface area contributed by atoms with Crippen LogP contribution >= 0.6 is 27.3 Å². The minimum Gasteiger partial charge on any atom is -0.399 e. The lowest BCUT2D eigenvalue weighted by atomic mass is 10.1. The smallest absolute Gasteiger partial charge is 0.0701 e. The maximum Gasteiger partial charge on any atom is 0.0701 e. The summed E-state index contributed by atoms with van der Waals surface area (Å²) in [5.74, 6) is 0. The predicted molar refractivity (Wildman–Crippen MR) is 87.3 cm³/mol. The maximum atomic E-state index is 5.84. The Kier molecular flexibility index (Phi) is 5.02. The van der Waals surface area contributed by atoms with Crippen molar-refractivity contribution in [2.75, 3.05) is 5.73 Å². The van der Waals surface area contributed by atoms with Gasteiger partial charge < -0.3 is 5.73 Å². The maximum absolute atomic E-state index is 5.84. The lowest BCUT2D eigenvalue weighted by molar-refractivity contribution is 0.205. The number of anilines is 1. The van der Waals surface area contributed by atoms with Crippen LogP contribution in [0.15, 0.2) is 40.2 Å². The van der Waals surface area contributed by atoms with Gasteiger partial charge in [0.1, 0.15) is 0 Å². The van der Waals surface area contributed by atoms with Crippen LogP contribution < -0.4 is 5.73 Å². The third kappa shape index (κ3) is 4.34. The summed E-state index contributed by atoms with van der Waals surface area (Å²) in [6, 6.07) is 12.9. The molecule has 0 amide bonds. The minimum atomic E-state index is 0.502. The average Bonchev–Trinajstić information content (AvgIpc) is 2.74. The minimum absolute atomic E-state index is 0.502. The monoisotopic (exact) mass is 338 g/mol. The molecule has 102 valence electrons.